The monoisotopic (exact) mass is 844 g/mol. The summed E-state index contributed by atoms with van der Waals surface area (Å²) in [4.78, 5) is 2.44. The third kappa shape index (κ3) is 6.64. The van der Waals surface area contributed by atoms with Gasteiger partial charge in [0, 0.05) is 38.9 Å². The van der Waals surface area contributed by atoms with Crippen LogP contribution in [0.5, 0.6) is 0 Å². The van der Waals surface area contributed by atoms with Crippen LogP contribution in [-0.2, 0) is 5.41 Å². The van der Waals surface area contributed by atoms with Gasteiger partial charge < -0.3 is 9.47 Å². The Labute approximate surface area is 387 Å². The highest BCUT2D eigenvalue weighted by molar-refractivity contribution is 6.09. The normalized spacial score (nSPS) is 14.0. The van der Waals surface area contributed by atoms with Gasteiger partial charge in [-0.15, -0.1) is 0 Å². The Kier molecular flexibility index (Phi) is 9.61. The van der Waals surface area contributed by atoms with Gasteiger partial charge in [0.15, 0.2) is 0 Å². The molecule has 0 saturated carbocycles. The number of fused-ring (bicyclic) bond motifs is 6. The summed E-state index contributed by atoms with van der Waals surface area (Å²) in [5.74, 6) is 0. The van der Waals surface area contributed by atoms with Crippen LogP contribution in [0.3, 0.4) is 0 Å². The van der Waals surface area contributed by atoms with Crippen molar-refractivity contribution in [3.8, 4) is 61.3 Å². The first-order chi connectivity index (χ1) is 32.5. The van der Waals surface area contributed by atoms with E-state index in [4.69, 9.17) is 0 Å². The topological polar surface area (TPSA) is 8.17 Å². The molecule has 1 unspecified atom stereocenters. The third-order valence-electron chi connectivity index (χ3n) is 14.1. The zero-order valence-corrected chi connectivity index (χ0v) is 37.2. The lowest BCUT2D eigenvalue weighted by atomic mass is 9.77. The third-order valence-corrected chi connectivity index (χ3v) is 14.1. The molecule has 1 aliphatic rings. The molecule has 2 nitrogen and oxygen atoms in total. The molecule has 0 spiro atoms. The fourth-order valence-electron chi connectivity index (χ4n) is 10.5. The molecule has 66 heavy (non-hydrogen) atoms. The first-order valence-corrected chi connectivity index (χ1v) is 23.1. The number of anilines is 3. The number of aromatic nitrogens is 1. The summed E-state index contributed by atoms with van der Waals surface area (Å²) in [6, 6.07) is 89.1. The molecule has 0 saturated heterocycles. The summed E-state index contributed by atoms with van der Waals surface area (Å²) >= 11 is 0. The molecule has 0 fully saturated rings. The predicted octanol–water partition coefficient (Wildman–Crippen LogP) is 17.6. The molecule has 1 aliphatic carbocycles. The highest BCUT2D eigenvalue weighted by Gasteiger charge is 2.39. The summed E-state index contributed by atoms with van der Waals surface area (Å²) in [6.07, 6.45) is 0.969. The fourth-order valence-corrected chi connectivity index (χ4v) is 10.5. The number of para-hydroxylation sites is 2. The molecule has 1 heterocycles. The van der Waals surface area contributed by atoms with Crippen LogP contribution >= 0.6 is 0 Å². The Bertz CT molecular complexity index is 3530. The van der Waals surface area contributed by atoms with E-state index in [1.165, 1.54) is 94.3 Å². The maximum absolute atomic E-state index is 2.47. The predicted molar refractivity (Wildman–Crippen MR) is 279 cm³/mol. The fraction of sp³-hybridized carbons (Fsp3) is 0.0625. The van der Waals surface area contributed by atoms with Gasteiger partial charge in [0.05, 0.1) is 11.0 Å². The van der Waals surface area contributed by atoms with Crippen LogP contribution in [0.15, 0.2) is 243 Å². The van der Waals surface area contributed by atoms with Gasteiger partial charge in [0.1, 0.15) is 0 Å². The van der Waals surface area contributed by atoms with Crippen molar-refractivity contribution in [2.24, 2.45) is 0 Å². The SMILES string of the molecule is CCC1(C)c2cc(N(c3ccc(-c4cccc(-c5ccccc5)c4)cc3)c3cccc(-c4cccc(-c5ccccc5)c4)c3)ccc2-c2ccc(-n3c4ccccc4c4ccccc43)cc21. The van der Waals surface area contributed by atoms with E-state index in [1.54, 1.807) is 0 Å². The molecule has 0 bridgehead atoms. The van der Waals surface area contributed by atoms with E-state index in [9.17, 15) is 0 Å². The molecule has 0 radical (unpaired) electrons. The smallest absolute Gasteiger partial charge is 0.0541 e. The average Bonchev–Trinajstić information content (AvgIpc) is 3.86. The minimum absolute atomic E-state index is 0.200. The quantitative estimate of drug-likeness (QED) is 0.141. The Morgan fingerprint density at radius 3 is 1.35 bits per heavy atom. The zero-order valence-electron chi connectivity index (χ0n) is 37.2. The molecule has 12 rings (SSSR count). The van der Waals surface area contributed by atoms with E-state index < -0.39 is 0 Å². The summed E-state index contributed by atoms with van der Waals surface area (Å²) in [5, 5.41) is 2.56. The van der Waals surface area contributed by atoms with Crippen LogP contribution in [0, 0.1) is 0 Å². The Balaban J connectivity index is 0.972. The van der Waals surface area contributed by atoms with Crippen molar-refractivity contribution in [2.75, 3.05) is 4.90 Å². The van der Waals surface area contributed by atoms with Crippen molar-refractivity contribution in [2.45, 2.75) is 25.7 Å². The van der Waals surface area contributed by atoms with Gasteiger partial charge in [0.25, 0.3) is 0 Å². The second-order valence-corrected chi connectivity index (χ2v) is 17.8. The van der Waals surface area contributed by atoms with Crippen molar-refractivity contribution in [1.29, 1.82) is 0 Å². The number of hydrogen-bond acceptors (Lipinski definition) is 1. The standard InChI is InChI=1S/C64H48N2/c1-3-64(2)60-42-54(35-37-56(60)57-38-36-55(43-61(57)64)66-62-29-12-10-27-58(62)59-28-11-13-30-63(59)66)65(52-33-31-46(32-34-52)49-23-14-21-47(39-49)44-17-6-4-7-18-44)53-26-16-25-51(41-53)50-24-15-22-48(40-50)45-19-8-5-9-20-45/h4-43H,3H2,1-2H3. The minimum Gasteiger partial charge on any atom is -0.310 e. The summed E-state index contributed by atoms with van der Waals surface area (Å²) in [5.41, 5.74) is 21.8. The van der Waals surface area contributed by atoms with Crippen molar-refractivity contribution in [3.05, 3.63) is 254 Å². The van der Waals surface area contributed by atoms with E-state index in [2.05, 4.69) is 266 Å². The molecular weight excluding hydrogens is 797 g/mol. The van der Waals surface area contributed by atoms with Crippen molar-refractivity contribution >= 4 is 38.9 Å². The van der Waals surface area contributed by atoms with Crippen LogP contribution < -0.4 is 4.90 Å². The number of nitrogens with zero attached hydrogens (tertiary/aromatic N) is 2. The van der Waals surface area contributed by atoms with E-state index >= 15 is 0 Å². The lowest BCUT2D eigenvalue weighted by Gasteiger charge is -2.30. The van der Waals surface area contributed by atoms with Crippen LogP contribution in [-0.4, -0.2) is 4.57 Å². The zero-order chi connectivity index (χ0) is 44.2. The second-order valence-electron chi connectivity index (χ2n) is 17.8. The molecule has 1 atom stereocenters. The Morgan fingerprint density at radius 1 is 0.348 bits per heavy atom. The first-order valence-electron chi connectivity index (χ1n) is 23.1. The van der Waals surface area contributed by atoms with Crippen LogP contribution in [0.25, 0.3) is 83.1 Å². The van der Waals surface area contributed by atoms with Gasteiger partial charge >= 0.3 is 0 Å². The largest absolute Gasteiger partial charge is 0.310 e. The minimum atomic E-state index is -0.200. The van der Waals surface area contributed by atoms with Gasteiger partial charge in [-0.25, -0.2) is 0 Å². The van der Waals surface area contributed by atoms with Gasteiger partial charge in [-0.3, -0.25) is 0 Å². The first kappa shape index (κ1) is 39.4. The molecule has 314 valence electrons. The molecule has 1 aromatic heterocycles. The van der Waals surface area contributed by atoms with Crippen molar-refractivity contribution in [1.82, 2.24) is 4.57 Å². The van der Waals surface area contributed by atoms with Crippen molar-refractivity contribution < 1.29 is 0 Å². The van der Waals surface area contributed by atoms with Gasteiger partial charge in [-0.2, -0.15) is 0 Å². The van der Waals surface area contributed by atoms with E-state index in [-0.39, 0.29) is 5.41 Å². The van der Waals surface area contributed by atoms with Crippen LogP contribution in [0.4, 0.5) is 17.1 Å². The van der Waals surface area contributed by atoms with Gasteiger partial charge in [-0.1, -0.05) is 184 Å². The van der Waals surface area contributed by atoms with Crippen LogP contribution in [0.1, 0.15) is 31.4 Å². The highest BCUT2D eigenvalue weighted by Crippen LogP contribution is 2.53. The highest BCUT2D eigenvalue weighted by atomic mass is 15.1. The Morgan fingerprint density at radius 2 is 0.773 bits per heavy atom. The lowest BCUT2D eigenvalue weighted by molar-refractivity contribution is 0.564. The van der Waals surface area contributed by atoms with Gasteiger partial charge in [0.2, 0.25) is 0 Å². The molecule has 11 aromatic rings. The van der Waals surface area contributed by atoms with E-state index in [0.717, 1.165) is 23.5 Å². The maximum Gasteiger partial charge on any atom is 0.0541 e. The van der Waals surface area contributed by atoms with Crippen molar-refractivity contribution in [3.63, 3.8) is 0 Å². The van der Waals surface area contributed by atoms with E-state index in [1.807, 2.05) is 0 Å². The molecule has 10 aromatic carbocycles. The maximum atomic E-state index is 2.47. The number of hydrogen-bond donors (Lipinski definition) is 0. The Hall–Kier alpha value is -8.20. The van der Waals surface area contributed by atoms with Gasteiger partial charge in [-0.05, 0) is 146 Å². The van der Waals surface area contributed by atoms with Crippen LogP contribution in [0.2, 0.25) is 0 Å². The number of rotatable bonds is 9. The van der Waals surface area contributed by atoms with E-state index in [0.29, 0.717) is 0 Å². The number of benzene rings is 10. The summed E-state index contributed by atoms with van der Waals surface area (Å²) in [7, 11) is 0. The molecule has 0 amide bonds. The summed E-state index contributed by atoms with van der Waals surface area (Å²) < 4.78 is 2.45. The molecule has 2 heteroatoms. The molecular formula is C64H48N2. The second kappa shape index (κ2) is 16.1. The summed E-state index contributed by atoms with van der Waals surface area (Å²) in [6.45, 7) is 4.79. The average molecular weight is 845 g/mol. The molecule has 0 N–H and O–H groups in total. The lowest BCUT2D eigenvalue weighted by Crippen LogP contribution is -2.20. The molecule has 0 aliphatic heterocycles.